The van der Waals surface area contributed by atoms with E-state index in [2.05, 4.69) is 29.1 Å². The monoisotopic (exact) mass is 243 g/mol. The van der Waals surface area contributed by atoms with Gasteiger partial charge in [-0.3, -0.25) is 0 Å². The van der Waals surface area contributed by atoms with Crippen molar-refractivity contribution < 1.29 is 5.11 Å². The molecule has 0 aromatic carbocycles. The summed E-state index contributed by atoms with van der Waals surface area (Å²) in [5, 5.41) is 13.2. The third kappa shape index (κ3) is 3.94. The number of hydrogen-bond donors (Lipinski definition) is 2. The lowest BCUT2D eigenvalue weighted by Gasteiger charge is -2.20. The predicted molar refractivity (Wildman–Crippen MR) is 65.6 cm³/mol. The predicted octanol–water partition coefficient (Wildman–Crippen LogP) is 2.34. The Hall–Kier alpha value is -0.870. The lowest BCUT2D eigenvalue weighted by atomic mass is 9.97. The normalized spacial score (nSPS) is 12.8. The molecule has 0 radical (unpaired) electrons. The highest BCUT2D eigenvalue weighted by atomic mass is 35.5. The van der Waals surface area contributed by atoms with Gasteiger partial charge in [0.2, 0.25) is 5.28 Å². The number of rotatable bonds is 6. The molecule has 0 aliphatic rings. The summed E-state index contributed by atoms with van der Waals surface area (Å²) in [5.74, 6) is 0.967. The van der Waals surface area contributed by atoms with E-state index in [0.29, 0.717) is 18.3 Å². The van der Waals surface area contributed by atoms with Crippen LogP contribution in [0.15, 0.2) is 12.3 Å². The third-order valence-corrected chi connectivity index (χ3v) is 2.89. The minimum absolute atomic E-state index is 0.210. The maximum absolute atomic E-state index is 9.90. The molecule has 0 saturated carbocycles. The third-order valence-electron chi connectivity index (χ3n) is 2.71. The lowest BCUT2D eigenvalue weighted by Crippen LogP contribution is -2.27. The second-order valence-corrected chi connectivity index (χ2v) is 4.07. The first-order chi connectivity index (χ1) is 7.67. The van der Waals surface area contributed by atoms with Crippen LogP contribution in [0.3, 0.4) is 0 Å². The summed E-state index contributed by atoms with van der Waals surface area (Å²) in [6, 6.07) is 1.73. The molecule has 1 heterocycles. The second-order valence-electron chi connectivity index (χ2n) is 3.74. The van der Waals surface area contributed by atoms with Crippen molar-refractivity contribution in [2.75, 3.05) is 11.9 Å². The van der Waals surface area contributed by atoms with Gasteiger partial charge in [0.05, 0.1) is 6.10 Å². The fourth-order valence-corrected chi connectivity index (χ4v) is 1.79. The minimum Gasteiger partial charge on any atom is -0.391 e. The number of anilines is 1. The molecule has 1 unspecified atom stereocenters. The van der Waals surface area contributed by atoms with E-state index in [4.69, 9.17) is 11.6 Å². The van der Waals surface area contributed by atoms with Gasteiger partial charge in [-0.15, -0.1) is 0 Å². The summed E-state index contributed by atoms with van der Waals surface area (Å²) in [4.78, 5) is 7.77. The topological polar surface area (TPSA) is 58.0 Å². The van der Waals surface area contributed by atoms with Gasteiger partial charge in [-0.25, -0.2) is 9.97 Å². The fraction of sp³-hybridized carbons (Fsp3) is 0.636. The molecule has 0 fully saturated rings. The number of nitrogens with one attached hydrogen (secondary N) is 1. The summed E-state index contributed by atoms with van der Waals surface area (Å²) in [5.41, 5.74) is 0. The molecule has 0 bridgehead atoms. The Morgan fingerprint density at radius 2 is 2.12 bits per heavy atom. The average Bonchev–Trinajstić information content (AvgIpc) is 2.28. The smallest absolute Gasteiger partial charge is 0.224 e. The van der Waals surface area contributed by atoms with Crippen molar-refractivity contribution in [3.8, 4) is 0 Å². The molecule has 1 aromatic heterocycles. The molecule has 1 aromatic rings. The van der Waals surface area contributed by atoms with Gasteiger partial charge in [0.25, 0.3) is 0 Å². The Morgan fingerprint density at radius 3 is 2.69 bits per heavy atom. The molecule has 16 heavy (non-hydrogen) atoms. The van der Waals surface area contributed by atoms with E-state index in [9.17, 15) is 5.11 Å². The fourth-order valence-electron chi connectivity index (χ4n) is 1.64. The van der Waals surface area contributed by atoms with Gasteiger partial charge < -0.3 is 10.4 Å². The van der Waals surface area contributed by atoms with Crippen LogP contribution in [-0.2, 0) is 0 Å². The minimum atomic E-state index is -0.358. The molecule has 0 saturated heterocycles. The van der Waals surface area contributed by atoms with Crippen molar-refractivity contribution >= 4 is 17.4 Å². The van der Waals surface area contributed by atoms with Crippen LogP contribution in [0.1, 0.15) is 26.7 Å². The summed E-state index contributed by atoms with van der Waals surface area (Å²) in [7, 11) is 0. The van der Waals surface area contributed by atoms with Crippen LogP contribution in [0.25, 0.3) is 0 Å². The number of aliphatic hydroxyl groups excluding tert-OH is 1. The molecule has 4 nitrogen and oxygen atoms in total. The highest BCUT2D eigenvalue weighted by Gasteiger charge is 2.14. The van der Waals surface area contributed by atoms with Crippen molar-refractivity contribution in [3.63, 3.8) is 0 Å². The first kappa shape index (κ1) is 13.2. The number of nitrogens with zero attached hydrogens (tertiary/aromatic N) is 2. The summed E-state index contributed by atoms with van der Waals surface area (Å²) < 4.78 is 0. The first-order valence-electron chi connectivity index (χ1n) is 5.57. The van der Waals surface area contributed by atoms with E-state index in [1.807, 2.05) is 0 Å². The zero-order chi connectivity index (χ0) is 12.0. The van der Waals surface area contributed by atoms with E-state index in [-0.39, 0.29) is 11.4 Å². The van der Waals surface area contributed by atoms with Gasteiger partial charge in [0.15, 0.2) is 0 Å². The van der Waals surface area contributed by atoms with Crippen LogP contribution < -0.4 is 5.32 Å². The highest BCUT2D eigenvalue weighted by molar-refractivity contribution is 6.28. The average molecular weight is 244 g/mol. The van der Waals surface area contributed by atoms with Gasteiger partial charge in [-0.2, -0.15) is 0 Å². The van der Waals surface area contributed by atoms with Crippen LogP contribution in [0.4, 0.5) is 5.82 Å². The summed E-state index contributed by atoms with van der Waals surface area (Å²) in [6.07, 6.45) is 3.18. The van der Waals surface area contributed by atoms with Crippen molar-refractivity contribution in [1.29, 1.82) is 0 Å². The van der Waals surface area contributed by atoms with E-state index in [0.717, 1.165) is 12.8 Å². The first-order valence-corrected chi connectivity index (χ1v) is 5.95. The quantitative estimate of drug-likeness (QED) is 0.753. The molecule has 5 heteroatoms. The zero-order valence-corrected chi connectivity index (χ0v) is 10.4. The molecule has 1 atom stereocenters. The maximum atomic E-state index is 9.90. The Balaban J connectivity index is 2.45. The van der Waals surface area contributed by atoms with Gasteiger partial charge in [0, 0.05) is 12.7 Å². The zero-order valence-electron chi connectivity index (χ0n) is 9.65. The van der Waals surface area contributed by atoms with Crippen molar-refractivity contribution in [2.45, 2.75) is 32.8 Å². The number of halogens is 1. The van der Waals surface area contributed by atoms with Crippen LogP contribution >= 0.6 is 11.6 Å². The van der Waals surface area contributed by atoms with Crippen LogP contribution in [0.2, 0.25) is 5.28 Å². The molecular formula is C11H18ClN3O. The number of aromatic nitrogens is 2. The molecule has 90 valence electrons. The van der Waals surface area contributed by atoms with E-state index in [1.165, 1.54) is 0 Å². The molecule has 1 rings (SSSR count). The molecule has 2 N–H and O–H groups in total. The van der Waals surface area contributed by atoms with Crippen molar-refractivity contribution in [1.82, 2.24) is 9.97 Å². The maximum Gasteiger partial charge on any atom is 0.224 e. The highest BCUT2D eigenvalue weighted by Crippen LogP contribution is 2.14. The molecular weight excluding hydrogens is 226 g/mol. The van der Waals surface area contributed by atoms with Crippen LogP contribution in [0.5, 0.6) is 0 Å². The molecule has 0 amide bonds. The number of aliphatic hydroxyl groups is 1. The largest absolute Gasteiger partial charge is 0.391 e. The van der Waals surface area contributed by atoms with Gasteiger partial charge in [0.1, 0.15) is 5.82 Å². The van der Waals surface area contributed by atoms with E-state index < -0.39 is 0 Å². The van der Waals surface area contributed by atoms with Crippen LogP contribution in [-0.4, -0.2) is 27.7 Å². The van der Waals surface area contributed by atoms with Crippen molar-refractivity contribution in [2.24, 2.45) is 5.92 Å². The van der Waals surface area contributed by atoms with Gasteiger partial charge >= 0.3 is 0 Å². The molecule has 0 spiro atoms. The lowest BCUT2D eigenvalue weighted by molar-refractivity contribution is 0.114. The summed E-state index contributed by atoms with van der Waals surface area (Å²) in [6.45, 7) is 4.65. The Morgan fingerprint density at radius 1 is 1.44 bits per heavy atom. The van der Waals surface area contributed by atoms with E-state index >= 15 is 0 Å². The SMILES string of the molecule is CCC(CC)C(O)CNc1ccnc(Cl)n1. The van der Waals surface area contributed by atoms with Gasteiger partial charge in [-0.1, -0.05) is 26.7 Å². The Bertz CT molecular complexity index is 318. The number of hydrogen-bond acceptors (Lipinski definition) is 4. The van der Waals surface area contributed by atoms with E-state index in [1.54, 1.807) is 12.3 Å². The van der Waals surface area contributed by atoms with Gasteiger partial charge in [-0.05, 0) is 23.6 Å². The van der Waals surface area contributed by atoms with Crippen molar-refractivity contribution in [3.05, 3.63) is 17.5 Å². The summed E-state index contributed by atoms with van der Waals surface area (Å²) >= 11 is 5.65. The standard InChI is InChI=1S/C11H18ClN3O/c1-3-8(4-2)9(16)7-14-10-5-6-13-11(12)15-10/h5-6,8-9,16H,3-4,7H2,1-2H3,(H,13,14,15). The molecule has 0 aliphatic heterocycles. The Kier molecular flexibility index (Phi) is 5.49. The Labute approximate surface area is 101 Å². The molecule has 0 aliphatic carbocycles. The van der Waals surface area contributed by atoms with Crippen LogP contribution in [0, 0.1) is 5.92 Å². The second kappa shape index (κ2) is 6.66.